The summed E-state index contributed by atoms with van der Waals surface area (Å²) in [4.78, 5) is 42.5. The van der Waals surface area contributed by atoms with Gasteiger partial charge in [0.25, 0.3) is 0 Å². The van der Waals surface area contributed by atoms with Crippen LogP contribution in [-0.4, -0.2) is 18.1 Å². The number of carbonyl (C=O) groups excluding carboxylic acids is 3. The third kappa shape index (κ3) is 2.04. The molecule has 4 aliphatic rings. The molecule has 1 heterocycles. The molecule has 0 N–H and O–H groups in total. The van der Waals surface area contributed by atoms with Gasteiger partial charge in [-0.25, -0.2) is 4.90 Å². The molecule has 33 heavy (non-hydrogen) atoms. The lowest BCUT2D eigenvalue weighted by molar-refractivity contribution is -0.128. The predicted octanol–water partition coefficient (Wildman–Crippen LogP) is 4.59. The highest BCUT2D eigenvalue weighted by Crippen LogP contribution is 2.63. The maximum Gasteiger partial charge on any atom is 0.239 e. The van der Waals surface area contributed by atoms with Crippen molar-refractivity contribution in [3.63, 3.8) is 0 Å². The van der Waals surface area contributed by atoms with Crippen LogP contribution in [0, 0.1) is 11.8 Å². The molecule has 8 rings (SSSR count). The van der Waals surface area contributed by atoms with E-state index in [0.29, 0.717) is 5.69 Å². The van der Waals surface area contributed by atoms with Gasteiger partial charge in [-0.3, -0.25) is 9.59 Å². The van der Waals surface area contributed by atoms with Crippen LogP contribution in [0.5, 0.6) is 0 Å². The summed E-state index contributed by atoms with van der Waals surface area (Å²) in [5.41, 5.74) is 3.08. The standard InChI is InChI=1S/C29H19NO3/c31-16-29-21-13-5-3-11-19(21)24(20-12-4-6-14-22(20)29)25-26(29)28(33)30(27(25)32)23-15-7-9-17-8-1-2-10-18(17)23/h1-16,24-26H. The van der Waals surface area contributed by atoms with Crippen LogP contribution >= 0.6 is 0 Å². The molecule has 0 radical (unpaired) electrons. The predicted molar refractivity (Wildman–Crippen MR) is 125 cm³/mol. The van der Waals surface area contributed by atoms with E-state index < -0.39 is 17.3 Å². The zero-order valence-corrected chi connectivity index (χ0v) is 17.6. The van der Waals surface area contributed by atoms with E-state index in [9.17, 15) is 14.4 Å². The van der Waals surface area contributed by atoms with Gasteiger partial charge in [-0.05, 0) is 33.7 Å². The first-order valence-electron chi connectivity index (χ1n) is 11.2. The molecule has 1 fully saturated rings. The van der Waals surface area contributed by atoms with E-state index in [0.717, 1.165) is 39.3 Å². The summed E-state index contributed by atoms with van der Waals surface area (Å²) in [5.74, 6) is -2.12. The fourth-order valence-electron chi connectivity index (χ4n) is 6.67. The highest BCUT2D eigenvalue weighted by atomic mass is 16.2. The number of amides is 2. The Bertz CT molecular complexity index is 1470. The molecule has 4 heteroatoms. The first kappa shape index (κ1) is 18.5. The van der Waals surface area contributed by atoms with Gasteiger partial charge in [0.2, 0.25) is 11.8 Å². The van der Waals surface area contributed by atoms with E-state index >= 15 is 0 Å². The normalized spacial score (nSPS) is 26.8. The van der Waals surface area contributed by atoms with Crippen LogP contribution in [0.3, 0.4) is 0 Å². The van der Waals surface area contributed by atoms with Crippen molar-refractivity contribution in [2.45, 2.75) is 11.3 Å². The van der Waals surface area contributed by atoms with Gasteiger partial charge < -0.3 is 4.79 Å². The molecule has 2 atom stereocenters. The maximum atomic E-state index is 14.1. The Morgan fingerprint density at radius 3 is 2.00 bits per heavy atom. The second-order valence-corrected chi connectivity index (χ2v) is 9.15. The van der Waals surface area contributed by atoms with E-state index in [1.165, 1.54) is 4.90 Å². The van der Waals surface area contributed by atoms with Crippen molar-refractivity contribution < 1.29 is 14.4 Å². The van der Waals surface area contributed by atoms with Gasteiger partial charge in [-0.2, -0.15) is 0 Å². The number of imide groups is 1. The summed E-state index contributed by atoms with van der Waals surface area (Å²) >= 11 is 0. The Morgan fingerprint density at radius 1 is 0.697 bits per heavy atom. The van der Waals surface area contributed by atoms with Crippen LogP contribution in [0.15, 0.2) is 91.0 Å². The zero-order valence-electron chi connectivity index (χ0n) is 17.6. The van der Waals surface area contributed by atoms with Crippen LogP contribution in [0.25, 0.3) is 10.8 Å². The lowest BCUT2D eigenvalue weighted by atomic mass is 9.48. The number of nitrogens with zero attached hydrogens (tertiary/aromatic N) is 1. The number of hydrogen-bond acceptors (Lipinski definition) is 3. The van der Waals surface area contributed by atoms with Gasteiger partial charge in [-0.1, -0.05) is 84.9 Å². The molecule has 0 saturated carbocycles. The highest BCUT2D eigenvalue weighted by molar-refractivity contribution is 6.27. The first-order chi connectivity index (χ1) is 16.2. The zero-order chi connectivity index (χ0) is 22.3. The average Bonchev–Trinajstić information content (AvgIpc) is 3.14. The summed E-state index contributed by atoms with van der Waals surface area (Å²) < 4.78 is 0. The molecule has 2 bridgehead atoms. The molecule has 0 spiro atoms. The third-order valence-electron chi connectivity index (χ3n) is 7.88. The molecular weight excluding hydrogens is 410 g/mol. The minimum absolute atomic E-state index is 0.221. The first-order valence-corrected chi connectivity index (χ1v) is 11.2. The van der Waals surface area contributed by atoms with E-state index in [4.69, 9.17) is 0 Å². The Morgan fingerprint density at radius 2 is 1.30 bits per heavy atom. The maximum absolute atomic E-state index is 14.1. The Hall–Kier alpha value is -4.05. The topological polar surface area (TPSA) is 54.5 Å². The van der Waals surface area contributed by atoms with Gasteiger partial charge in [0.15, 0.2) is 0 Å². The Balaban J connectivity index is 1.52. The summed E-state index contributed by atoms with van der Waals surface area (Å²) in [6.07, 6.45) is 0.912. The Labute approximate surface area is 190 Å². The number of rotatable bonds is 2. The number of aldehydes is 1. The monoisotopic (exact) mass is 429 g/mol. The van der Waals surface area contributed by atoms with Crippen molar-refractivity contribution >= 4 is 34.6 Å². The van der Waals surface area contributed by atoms with E-state index in [2.05, 4.69) is 0 Å². The lowest BCUT2D eigenvalue weighted by Crippen LogP contribution is -2.54. The fraction of sp³-hybridized carbons (Fsp3) is 0.138. The largest absolute Gasteiger partial charge is 0.302 e. The second kappa shape index (κ2) is 6.26. The number of benzene rings is 4. The van der Waals surface area contributed by atoms with Gasteiger partial charge in [-0.15, -0.1) is 0 Å². The molecule has 4 aromatic carbocycles. The number of carbonyl (C=O) groups is 3. The molecular formula is C29H19NO3. The summed E-state index contributed by atoms with van der Waals surface area (Å²) in [7, 11) is 0. The van der Waals surface area contributed by atoms with Crippen molar-refractivity contribution in [2.75, 3.05) is 4.90 Å². The number of hydrogen-bond donors (Lipinski definition) is 0. The molecule has 4 aromatic rings. The van der Waals surface area contributed by atoms with Crippen molar-refractivity contribution in [2.24, 2.45) is 11.8 Å². The van der Waals surface area contributed by atoms with Crippen molar-refractivity contribution in [1.29, 1.82) is 0 Å². The average molecular weight is 429 g/mol. The highest BCUT2D eigenvalue weighted by Gasteiger charge is 2.68. The van der Waals surface area contributed by atoms with Crippen LogP contribution < -0.4 is 4.90 Å². The molecule has 2 amide bonds. The SMILES string of the molecule is O=CC12c3ccccc3C(c3ccccc31)C1C(=O)N(c3cccc4ccccc34)C(=O)C12. The number of fused-ring (bicyclic) bond motifs is 1. The minimum Gasteiger partial charge on any atom is -0.302 e. The van der Waals surface area contributed by atoms with Gasteiger partial charge >= 0.3 is 0 Å². The Kier molecular flexibility index (Phi) is 3.51. The lowest BCUT2D eigenvalue weighted by Gasteiger charge is -2.51. The molecule has 158 valence electrons. The quantitative estimate of drug-likeness (QED) is 0.346. The van der Waals surface area contributed by atoms with Crippen molar-refractivity contribution in [3.8, 4) is 0 Å². The van der Waals surface area contributed by atoms with Crippen molar-refractivity contribution in [3.05, 3.63) is 113 Å². The molecule has 1 saturated heterocycles. The summed E-state index contributed by atoms with van der Waals surface area (Å²) in [6.45, 7) is 0. The van der Waals surface area contributed by atoms with Crippen LogP contribution in [-0.2, 0) is 19.8 Å². The summed E-state index contributed by atoms with van der Waals surface area (Å²) in [5, 5.41) is 1.81. The van der Waals surface area contributed by atoms with Crippen molar-refractivity contribution in [1.82, 2.24) is 0 Å². The number of anilines is 1. The molecule has 0 aromatic heterocycles. The van der Waals surface area contributed by atoms with Crippen LogP contribution in [0.2, 0.25) is 0 Å². The molecule has 1 aliphatic heterocycles. The third-order valence-corrected chi connectivity index (χ3v) is 7.88. The van der Waals surface area contributed by atoms with Gasteiger partial charge in [0, 0.05) is 11.3 Å². The molecule has 2 unspecified atom stereocenters. The fourth-order valence-corrected chi connectivity index (χ4v) is 6.67. The van der Waals surface area contributed by atoms with Gasteiger partial charge in [0.1, 0.15) is 6.29 Å². The molecule has 4 nitrogen and oxygen atoms in total. The molecule has 3 aliphatic carbocycles. The smallest absolute Gasteiger partial charge is 0.239 e. The van der Waals surface area contributed by atoms with E-state index in [1.54, 1.807) is 0 Å². The van der Waals surface area contributed by atoms with E-state index in [1.807, 2.05) is 91.0 Å². The van der Waals surface area contributed by atoms with Gasteiger partial charge in [0.05, 0.1) is 22.9 Å². The summed E-state index contributed by atoms with van der Waals surface area (Å²) in [6, 6.07) is 29.0. The second-order valence-electron chi connectivity index (χ2n) is 9.15. The van der Waals surface area contributed by atoms with E-state index in [-0.39, 0.29) is 17.7 Å². The minimum atomic E-state index is -1.17. The van der Waals surface area contributed by atoms with Crippen LogP contribution in [0.4, 0.5) is 5.69 Å². The van der Waals surface area contributed by atoms with Crippen LogP contribution in [0.1, 0.15) is 28.2 Å².